The van der Waals surface area contributed by atoms with Crippen molar-refractivity contribution in [3.8, 4) is 0 Å². The van der Waals surface area contributed by atoms with E-state index in [0.29, 0.717) is 6.42 Å². The van der Waals surface area contributed by atoms with Gasteiger partial charge in [-0.2, -0.15) is 0 Å². The van der Waals surface area contributed by atoms with Crippen molar-refractivity contribution >= 4 is 27.4 Å². The summed E-state index contributed by atoms with van der Waals surface area (Å²) in [6.07, 6.45) is 3.03. The number of hydrogen-bond donors (Lipinski definition) is 0. The number of hydrogen-bond acceptors (Lipinski definition) is 2. The van der Waals surface area contributed by atoms with Gasteiger partial charge in [0.1, 0.15) is 5.78 Å². The predicted octanol–water partition coefficient (Wildman–Crippen LogP) is 3.18. The summed E-state index contributed by atoms with van der Waals surface area (Å²) < 4.78 is 1.05. The number of nitrogens with zero attached hydrogens (tertiary/aromatic N) is 1. The number of carbonyl (C=O) groups excluding carboxylic acids is 1. The molecule has 0 radical (unpaired) electrons. The maximum atomic E-state index is 11.3. The van der Waals surface area contributed by atoms with Crippen molar-refractivity contribution in [2.24, 2.45) is 0 Å². The van der Waals surface area contributed by atoms with Gasteiger partial charge in [0.05, 0.1) is 0 Å². The molecule has 2 nitrogen and oxygen atoms in total. The molecule has 0 unspecified atom stereocenters. The summed E-state index contributed by atoms with van der Waals surface area (Å²) in [5, 5.41) is 0. The van der Waals surface area contributed by atoms with Gasteiger partial charge in [-0.1, -0.05) is 22.0 Å². The smallest absolute Gasteiger partial charge is 0.134 e. The first-order valence-corrected chi connectivity index (χ1v) is 6.49. The Morgan fingerprint density at radius 3 is 2.69 bits per heavy atom. The second kappa shape index (κ2) is 5.00. The quantitative estimate of drug-likeness (QED) is 0.848. The molecule has 0 saturated carbocycles. The SMILES string of the molecule is CC(=O)Cc1c(Br)cccc1N1CCCC1. The third-order valence-electron chi connectivity index (χ3n) is 2.97. The zero-order valence-corrected chi connectivity index (χ0v) is 11.1. The van der Waals surface area contributed by atoms with Crippen molar-refractivity contribution in [2.45, 2.75) is 26.2 Å². The Bertz CT molecular complexity index is 397. The van der Waals surface area contributed by atoms with E-state index < -0.39 is 0 Å². The molecule has 1 fully saturated rings. The van der Waals surface area contributed by atoms with Crippen LogP contribution in [0.5, 0.6) is 0 Å². The molecule has 0 atom stereocenters. The molecule has 0 bridgehead atoms. The summed E-state index contributed by atoms with van der Waals surface area (Å²) >= 11 is 3.54. The van der Waals surface area contributed by atoms with Gasteiger partial charge in [-0.25, -0.2) is 0 Å². The minimum Gasteiger partial charge on any atom is -0.371 e. The molecule has 16 heavy (non-hydrogen) atoms. The highest BCUT2D eigenvalue weighted by molar-refractivity contribution is 9.10. The molecule has 0 N–H and O–H groups in total. The molecule has 1 aliphatic rings. The van der Waals surface area contributed by atoms with Crippen LogP contribution >= 0.6 is 15.9 Å². The molecular formula is C13H16BrNO. The van der Waals surface area contributed by atoms with Gasteiger partial charge in [-0.05, 0) is 37.5 Å². The molecule has 0 aliphatic carbocycles. The zero-order valence-electron chi connectivity index (χ0n) is 9.50. The van der Waals surface area contributed by atoms with Gasteiger partial charge in [0, 0.05) is 29.7 Å². The summed E-state index contributed by atoms with van der Waals surface area (Å²) in [5.74, 6) is 0.215. The second-order valence-electron chi connectivity index (χ2n) is 4.31. The monoisotopic (exact) mass is 281 g/mol. The van der Waals surface area contributed by atoms with Crippen LogP contribution in [0.2, 0.25) is 0 Å². The van der Waals surface area contributed by atoms with Crippen LogP contribution in [0.15, 0.2) is 22.7 Å². The second-order valence-corrected chi connectivity index (χ2v) is 5.16. The molecule has 1 saturated heterocycles. The van der Waals surface area contributed by atoms with Gasteiger partial charge in [0.15, 0.2) is 0 Å². The molecule has 1 aromatic rings. The number of benzene rings is 1. The Kier molecular flexibility index (Phi) is 3.64. The molecule has 0 amide bonds. The lowest BCUT2D eigenvalue weighted by Gasteiger charge is -2.21. The van der Waals surface area contributed by atoms with Crippen LogP contribution in [-0.2, 0) is 11.2 Å². The van der Waals surface area contributed by atoms with E-state index in [1.165, 1.54) is 18.5 Å². The van der Waals surface area contributed by atoms with Gasteiger partial charge >= 0.3 is 0 Å². The van der Waals surface area contributed by atoms with Crippen LogP contribution in [0.25, 0.3) is 0 Å². The number of Topliss-reactive ketones (excluding diaryl/α,β-unsaturated/α-hetero) is 1. The Balaban J connectivity index is 2.34. The zero-order chi connectivity index (χ0) is 11.5. The van der Waals surface area contributed by atoms with E-state index >= 15 is 0 Å². The molecule has 3 heteroatoms. The highest BCUT2D eigenvalue weighted by Gasteiger charge is 2.17. The predicted molar refractivity (Wildman–Crippen MR) is 70.0 cm³/mol. The average molecular weight is 282 g/mol. The number of carbonyl (C=O) groups is 1. The van der Waals surface area contributed by atoms with E-state index in [2.05, 4.69) is 26.9 Å². The summed E-state index contributed by atoms with van der Waals surface area (Å²) in [4.78, 5) is 13.7. The largest absolute Gasteiger partial charge is 0.371 e. The lowest BCUT2D eigenvalue weighted by molar-refractivity contribution is -0.116. The maximum Gasteiger partial charge on any atom is 0.134 e. The molecule has 86 valence electrons. The summed E-state index contributed by atoms with van der Waals surface area (Å²) in [6, 6.07) is 6.17. The van der Waals surface area contributed by atoms with Crippen LogP contribution in [0, 0.1) is 0 Å². The fourth-order valence-electron chi connectivity index (χ4n) is 2.23. The molecule has 1 aromatic carbocycles. The molecule has 2 rings (SSSR count). The van der Waals surface area contributed by atoms with E-state index in [0.717, 1.165) is 23.1 Å². The number of rotatable bonds is 3. The van der Waals surface area contributed by atoms with E-state index in [9.17, 15) is 4.79 Å². The van der Waals surface area contributed by atoms with Crippen molar-refractivity contribution in [1.82, 2.24) is 0 Å². The van der Waals surface area contributed by atoms with Crippen molar-refractivity contribution in [3.05, 3.63) is 28.2 Å². The number of halogens is 1. The van der Waals surface area contributed by atoms with E-state index in [-0.39, 0.29) is 5.78 Å². The topological polar surface area (TPSA) is 20.3 Å². The molecule has 0 spiro atoms. The Hall–Kier alpha value is -0.830. The van der Waals surface area contributed by atoms with Crippen molar-refractivity contribution in [1.29, 1.82) is 0 Å². The van der Waals surface area contributed by atoms with Gasteiger partial charge < -0.3 is 4.90 Å². The number of anilines is 1. The number of ketones is 1. The lowest BCUT2D eigenvalue weighted by atomic mass is 10.1. The van der Waals surface area contributed by atoms with Crippen molar-refractivity contribution in [3.63, 3.8) is 0 Å². The Morgan fingerprint density at radius 1 is 1.38 bits per heavy atom. The fourth-order valence-corrected chi connectivity index (χ4v) is 2.72. The van der Waals surface area contributed by atoms with Crippen LogP contribution in [-0.4, -0.2) is 18.9 Å². The molecule has 0 aromatic heterocycles. The first-order valence-electron chi connectivity index (χ1n) is 5.70. The molecule has 1 heterocycles. The van der Waals surface area contributed by atoms with Crippen molar-refractivity contribution in [2.75, 3.05) is 18.0 Å². The van der Waals surface area contributed by atoms with Crippen molar-refractivity contribution < 1.29 is 4.79 Å². The first-order chi connectivity index (χ1) is 7.68. The molecule has 1 aliphatic heterocycles. The Morgan fingerprint density at radius 2 is 2.06 bits per heavy atom. The lowest BCUT2D eigenvalue weighted by Crippen LogP contribution is -2.20. The highest BCUT2D eigenvalue weighted by atomic mass is 79.9. The van der Waals surface area contributed by atoms with E-state index in [1.807, 2.05) is 12.1 Å². The minimum absolute atomic E-state index is 0.215. The van der Waals surface area contributed by atoms with Crippen LogP contribution < -0.4 is 4.90 Å². The fraction of sp³-hybridized carbons (Fsp3) is 0.462. The van der Waals surface area contributed by atoms with E-state index in [1.54, 1.807) is 6.92 Å². The highest BCUT2D eigenvalue weighted by Crippen LogP contribution is 2.30. The summed E-state index contributed by atoms with van der Waals surface area (Å²) in [5.41, 5.74) is 2.36. The van der Waals surface area contributed by atoms with Crippen LogP contribution in [0.4, 0.5) is 5.69 Å². The first kappa shape index (κ1) is 11.6. The third kappa shape index (κ3) is 2.46. The standard InChI is InChI=1S/C13H16BrNO/c1-10(16)9-11-12(14)5-4-6-13(11)15-7-2-3-8-15/h4-6H,2-3,7-9H2,1H3. The van der Waals surface area contributed by atoms with Gasteiger partial charge in [-0.3, -0.25) is 4.79 Å². The maximum absolute atomic E-state index is 11.3. The van der Waals surface area contributed by atoms with Gasteiger partial charge in [0.2, 0.25) is 0 Å². The van der Waals surface area contributed by atoms with Crippen LogP contribution in [0.3, 0.4) is 0 Å². The molecular weight excluding hydrogens is 266 g/mol. The van der Waals surface area contributed by atoms with Crippen LogP contribution in [0.1, 0.15) is 25.3 Å². The van der Waals surface area contributed by atoms with Gasteiger partial charge in [-0.15, -0.1) is 0 Å². The Labute approximate surface area is 105 Å². The summed E-state index contributed by atoms with van der Waals surface area (Å²) in [7, 11) is 0. The van der Waals surface area contributed by atoms with Gasteiger partial charge in [0.25, 0.3) is 0 Å². The summed E-state index contributed by atoms with van der Waals surface area (Å²) in [6.45, 7) is 3.87. The van der Waals surface area contributed by atoms with E-state index in [4.69, 9.17) is 0 Å². The third-order valence-corrected chi connectivity index (χ3v) is 3.71. The minimum atomic E-state index is 0.215. The average Bonchev–Trinajstić information content (AvgIpc) is 2.73. The normalized spacial score (nSPS) is 15.5.